The maximum absolute atomic E-state index is 10.7. The van der Waals surface area contributed by atoms with Gasteiger partial charge in [0, 0.05) is 57.4 Å². The molecule has 5 rings (SSSR count). The normalized spacial score (nSPS) is 14.9. The molecule has 1 atom stereocenters. The maximum Gasteiger partial charge on any atom is 0.161 e. The number of anilines is 1. The van der Waals surface area contributed by atoms with E-state index in [2.05, 4.69) is 65.3 Å². The summed E-state index contributed by atoms with van der Waals surface area (Å²) in [6.45, 7) is 6.65. The van der Waals surface area contributed by atoms with Gasteiger partial charge >= 0.3 is 0 Å². The summed E-state index contributed by atoms with van der Waals surface area (Å²) in [5.74, 6) is 1.71. The van der Waals surface area contributed by atoms with Gasteiger partial charge in [-0.1, -0.05) is 90.5 Å². The van der Waals surface area contributed by atoms with Crippen LogP contribution < -0.4 is 4.90 Å². The van der Waals surface area contributed by atoms with Crippen molar-refractivity contribution in [2.24, 2.45) is 0 Å². The fourth-order valence-electron chi connectivity index (χ4n) is 5.23. The van der Waals surface area contributed by atoms with Gasteiger partial charge in [0.2, 0.25) is 0 Å². The number of ether oxygens (including phenoxy) is 1. The number of aromatic nitrogens is 2. The van der Waals surface area contributed by atoms with Crippen molar-refractivity contribution >= 4 is 5.82 Å². The number of nitrogens with zero attached hydrogens (tertiary/aromatic N) is 4. The highest BCUT2D eigenvalue weighted by Crippen LogP contribution is 2.29. The monoisotopic (exact) mass is 522 g/mol. The van der Waals surface area contributed by atoms with Crippen LogP contribution in [0.4, 0.5) is 5.82 Å². The molecule has 0 bridgehead atoms. The van der Waals surface area contributed by atoms with Crippen LogP contribution in [0, 0.1) is 6.92 Å². The maximum atomic E-state index is 10.7. The average Bonchev–Trinajstić information content (AvgIpc) is 2.96. The molecular formula is C33H38N4O2. The zero-order valence-corrected chi connectivity index (χ0v) is 23.0. The molecule has 1 N–H and O–H groups in total. The van der Waals surface area contributed by atoms with Crippen LogP contribution >= 0.6 is 0 Å². The highest BCUT2D eigenvalue weighted by molar-refractivity contribution is 5.61. The van der Waals surface area contributed by atoms with Crippen molar-refractivity contribution in [3.8, 4) is 11.4 Å². The van der Waals surface area contributed by atoms with Gasteiger partial charge in [-0.3, -0.25) is 4.90 Å². The zero-order valence-electron chi connectivity index (χ0n) is 23.0. The molecule has 1 aromatic heterocycles. The first-order valence-electron chi connectivity index (χ1n) is 13.8. The summed E-state index contributed by atoms with van der Waals surface area (Å²) < 4.78 is 5.62. The van der Waals surface area contributed by atoms with Gasteiger partial charge in [0.25, 0.3) is 0 Å². The molecule has 2 heterocycles. The molecule has 202 valence electrons. The summed E-state index contributed by atoms with van der Waals surface area (Å²) >= 11 is 0. The SMILES string of the molecule is COCc1nc(-c2ccccc2)nc(N2CCN(C[C@@H](O)Cc3ccccc3)CC2)c1Cc1ccc(C)cc1. The summed E-state index contributed by atoms with van der Waals surface area (Å²) in [5, 5.41) is 10.7. The van der Waals surface area contributed by atoms with Crippen LogP contribution in [0.2, 0.25) is 0 Å². The second-order valence-electron chi connectivity index (χ2n) is 10.4. The number of benzene rings is 3. The molecule has 6 heteroatoms. The third-order valence-corrected chi connectivity index (χ3v) is 7.34. The van der Waals surface area contributed by atoms with Crippen LogP contribution in [0.25, 0.3) is 11.4 Å². The van der Waals surface area contributed by atoms with Gasteiger partial charge in [-0.15, -0.1) is 0 Å². The number of aryl methyl sites for hydroxylation is 1. The quantitative estimate of drug-likeness (QED) is 0.319. The molecule has 0 saturated carbocycles. The molecule has 3 aromatic carbocycles. The lowest BCUT2D eigenvalue weighted by molar-refractivity contribution is 0.109. The predicted octanol–water partition coefficient (Wildman–Crippen LogP) is 4.91. The van der Waals surface area contributed by atoms with Crippen molar-refractivity contribution in [1.82, 2.24) is 14.9 Å². The third-order valence-electron chi connectivity index (χ3n) is 7.34. The van der Waals surface area contributed by atoms with E-state index >= 15 is 0 Å². The average molecular weight is 523 g/mol. The lowest BCUT2D eigenvalue weighted by Crippen LogP contribution is -2.49. The van der Waals surface area contributed by atoms with Crippen LogP contribution in [0.3, 0.4) is 0 Å². The van der Waals surface area contributed by atoms with Gasteiger partial charge in [0.15, 0.2) is 5.82 Å². The van der Waals surface area contributed by atoms with Crippen LogP contribution in [0.15, 0.2) is 84.9 Å². The highest BCUT2D eigenvalue weighted by Gasteiger charge is 2.25. The summed E-state index contributed by atoms with van der Waals surface area (Å²) in [4.78, 5) is 14.9. The van der Waals surface area contributed by atoms with Gasteiger partial charge in [0.05, 0.1) is 18.4 Å². The van der Waals surface area contributed by atoms with Crippen LogP contribution in [-0.4, -0.2) is 65.9 Å². The molecule has 0 spiro atoms. The standard InChI is InChI=1S/C33H38N4O2/c1-25-13-15-27(16-14-25)22-30-31(24-39-2)34-32(28-11-7-4-8-12-28)35-33(30)37-19-17-36(18-20-37)23-29(38)21-26-9-5-3-6-10-26/h3-16,29,38H,17-24H2,1-2H3/t29-/m0/s1. The Kier molecular flexibility index (Phi) is 8.99. The van der Waals surface area contributed by atoms with Crippen molar-refractivity contribution in [1.29, 1.82) is 0 Å². The van der Waals surface area contributed by atoms with Gasteiger partial charge in [0.1, 0.15) is 5.82 Å². The Balaban J connectivity index is 1.38. The Morgan fingerprint density at radius 2 is 1.49 bits per heavy atom. The molecule has 0 amide bonds. The summed E-state index contributed by atoms with van der Waals surface area (Å²) in [5.41, 5.74) is 6.71. The van der Waals surface area contributed by atoms with Crippen molar-refractivity contribution < 1.29 is 9.84 Å². The highest BCUT2D eigenvalue weighted by atomic mass is 16.5. The lowest BCUT2D eigenvalue weighted by atomic mass is 10.0. The Morgan fingerprint density at radius 3 is 2.15 bits per heavy atom. The van der Waals surface area contributed by atoms with Gasteiger partial charge in [-0.05, 0) is 24.5 Å². The van der Waals surface area contributed by atoms with E-state index in [0.29, 0.717) is 19.6 Å². The Labute approximate surface area is 231 Å². The Hall–Kier alpha value is -3.58. The smallest absolute Gasteiger partial charge is 0.161 e. The molecule has 1 saturated heterocycles. The lowest BCUT2D eigenvalue weighted by Gasteiger charge is -2.37. The van der Waals surface area contributed by atoms with Crippen molar-refractivity contribution in [2.75, 3.05) is 44.7 Å². The Morgan fingerprint density at radius 1 is 0.821 bits per heavy atom. The van der Waals surface area contributed by atoms with Gasteiger partial charge in [-0.2, -0.15) is 0 Å². The molecule has 0 radical (unpaired) electrons. The fraction of sp³-hybridized carbons (Fsp3) is 0.333. The van der Waals surface area contributed by atoms with Gasteiger partial charge < -0.3 is 14.7 Å². The minimum Gasteiger partial charge on any atom is -0.391 e. The third kappa shape index (κ3) is 7.09. The van der Waals surface area contributed by atoms with E-state index in [1.165, 1.54) is 16.7 Å². The molecule has 0 unspecified atom stereocenters. The summed E-state index contributed by atoms with van der Waals surface area (Å²) in [6, 6.07) is 29.1. The fourth-order valence-corrected chi connectivity index (χ4v) is 5.23. The minimum atomic E-state index is -0.381. The molecular weight excluding hydrogens is 484 g/mol. The number of aliphatic hydroxyl groups excluding tert-OH is 1. The molecule has 1 aliphatic heterocycles. The minimum absolute atomic E-state index is 0.381. The van der Waals surface area contributed by atoms with E-state index in [9.17, 15) is 5.11 Å². The Bertz CT molecular complexity index is 1320. The first-order valence-corrected chi connectivity index (χ1v) is 13.8. The number of aliphatic hydroxyl groups is 1. The first kappa shape index (κ1) is 27.0. The molecule has 1 aliphatic rings. The van der Waals surface area contributed by atoms with Crippen LogP contribution in [-0.2, 0) is 24.2 Å². The number of rotatable bonds is 10. The van der Waals surface area contributed by atoms with E-state index < -0.39 is 0 Å². The largest absolute Gasteiger partial charge is 0.391 e. The van der Waals surface area contributed by atoms with Gasteiger partial charge in [-0.25, -0.2) is 9.97 Å². The summed E-state index contributed by atoms with van der Waals surface area (Å²) in [7, 11) is 1.72. The summed E-state index contributed by atoms with van der Waals surface area (Å²) in [6.07, 6.45) is 1.04. The van der Waals surface area contributed by atoms with E-state index in [1.54, 1.807) is 7.11 Å². The second kappa shape index (κ2) is 13.0. The number of piperazine rings is 1. The van der Waals surface area contributed by atoms with E-state index in [1.807, 2.05) is 36.4 Å². The topological polar surface area (TPSA) is 61.7 Å². The van der Waals surface area contributed by atoms with E-state index in [0.717, 1.165) is 61.1 Å². The molecule has 6 nitrogen and oxygen atoms in total. The number of hydrogen-bond acceptors (Lipinski definition) is 6. The van der Waals surface area contributed by atoms with E-state index in [4.69, 9.17) is 14.7 Å². The molecule has 0 aliphatic carbocycles. The molecule has 4 aromatic rings. The number of methoxy groups -OCH3 is 1. The van der Waals surface area contributed by atoms with Crippen LogP contribution in [0.1, 0.15) is 27.9 Å². The first-order chi connectivity index (χ1) is 19.1. The van der Waals surface area contributed by atoms with Crippen molar-refractivity contribution in [3.05, 3.63) is 113 Å². The second-order valence-corrected chi connectivity index (χ2v) is 10.4. The number of hydrogen-bond donors (Lipinski definition) is 1. The van der Waals surface area contributed by atoms with Crippen molar-refractivity contribution in [3.63, 3.8) is 0 Å². The number of β-amino-alcohol motifs (C(OH)–C–C–N with tert-alkyl or cyclic N) is 1. The van der Waals surface area contributed by atoms with E-state index in [-0.39, 0.29) is 6.10 Å². The zero-order chi connectivity index (χ0) is 27.0. The van der Waals surface area contributed by atoms with Crippen molar-refractivity contribution in [2.45, 2.75) is 32.5 Å². The molecule has 1 fully saturated rings. The predicted molar refractivity (Wildman–Crippen MR) is 157 cm³/mol. The molecule has 39 heavy (non-hydrogen) atoms. The van der Waals surface area contributed by atoms with Crippen LogP contribution in [0.5, 0.6) is 0 Å².